The van der Waals surface area contributed by atoms with Gasteiger partial charge in [0.1, 0.15) is 0 Å². The summed E-state index contributed by atoms with van der Waals surface area (Å²) in [6.07, 6.45) is 7.06. The van der Waals surface area contributed by atoms with E-state index in [1.54, 1.807) is 12.4 Å². The van der Waals surface area contributed by atoms with Crippen LogP contribution in [0.4, 0.5) is 0 Å². The van der Waals surface area contributed by atoms with Gasteiger partial charge in [-0.2, -0.15) is 0 Å². The van der Waals surface area contributed by atoms with E-state index in [0.29, 0.717) is 0 Å². The fourth-order valence-electron chi connectivity index (χ4n) is 4.26. The zero-order chi connectivity index (χ0) is 27.6. The highest BCUT2D eigenvalue weighted by molar-refractivity contribution is 7.80. The van der Waals surface area contributed by atoms with Gasteiger partial charge in [0, 0.05) is 35.4 Å². The van der Waals surface area contributed by atoms with Crippen molar-refractivity contribution in [1.82, 2.24) is 9.97 Å². The van der Waals surface area contributed by atoms with Crippen molar-refractivity contribution in [3.63, 3.8) is 0 Å². The van der Waals surface area contributed by atoms with Crippen molar-refractivity contribution in [2.45, 2.75) is 0 Å². The minimum atomic E-state index is -0.639. The summed E-state index contributed by atoms with van der Waals surface area (Å²) in [6, 6.07) is 46.1. The van der Waals surface area contributed by atoms with E-state index in [-0.39, 0.29) is 0 Å². The zero-order valence-electron chi connectivity index (χ0n) is 21.6. The third-order valence-electron chi connectivity index (χ3n) is 6.04. The summed E-state index contributed by atoms with van der Waals surface area (Å²) in [6.45, 7) is 0. The predicted molar refractivity (Wildman–Crippen MR) is 176 cm³/mol. The van der Waals surface area contributed by atoms with Gasteiger partial charge in [0.2, 0.25) is 0 Å². The fourth-order valence-corrected chi connectivity index (χ4v) is 9.57. The average molecular weight is 595 g/mol. The van der Waals surface area contributed by atoms with E-state index in [0.717, 1.165) is 20.7 Å². The molecule has 6 aromatic rings. The molecule has 0 N–H and O–H groups in total. The molecule has 2 heterocycles. The third kappa shape index (κ3) is 7.03. The largest absolute Gasteiger partial charge is 0.263 e. The molecule has 40 heavy (non-hydrogen) atoms. The lowest BCUT2D eigenvalue weighted by Gasteiger charge is -2.19. The van der Waals surface area contributed by atoms with E-state index in [2.05, 4.69) is 107 Å². The van der Waals surface area contributed by atoms with Gasteiger partial charge >= 0.3 is 0 Å². The van der Waals surface area contributed by atoms with Crippen LogP contribution in [-0.4, -0.2) is 9.97 Å². The van der Waals surface area contributed by atoms with Crippen LogP contribution in [0.5, 0.6) is 0 Å². The van der Waals surface area contributed by atoms with E-state index in [1.807, 2.05) is 48.8 Å². The first-order chi connectivity index (χ1) is 19.7. The van der Waals surface area contributed by atoms with Crippen molar-refractivity contribution in [3.05, 3.63) is 168 Å². The molecule has 0 fully saturated rings. The van der Waals surface area contributed by atoms with Crippen molar-refractivity contribution in [1.29, 1.82) is 0 Å². The van der Waals surface area contributed by atoms with Gasteiger partial charge in [-0.1, -0.05) is 145 Å². The second-order valence-corrected chi connectivity index (χ2v) is 13.9. The SMILES string of the molecule is Clc1cnccc1P(c1ccccc1)c1ccccc1.Clc1cnccc1P(c1ccccc1)c1ccccc1. The Balaban J connectivity index is 0.000000161. The van der Waals surface area contributed by atoms with Crippen LogP contribution in [-0.2, 0) is 0 Å². The standard InChI is InChI=1S/2C17H13ClNP/c2*18-16-13-19-12-11-17(16)20(14-7-3-1-4-8-14)15-9-5-2-6-10-15/h2*1-13H. The summed E-state index contributed by atoms with van der Waals surface area (Å²) >= 11 is 12.7. The van der Waals surface area contributed by atoms with Crippen LogP contribution >= 0.6 is 39.0 Å². The molecule has 2 aromatic heterocycles. The van der Waals surface area contributed by atoms with Crippen LogP contribution < -0.4 is 31.8 Å². The minimum Gasteiger partial charge on any atom is -0.263 e. The van der Waals surface area contributed by atoms with Gasteiger partial charge in [0.15, 0.2) is 0 Å². The molecule has 0 radical (unpaired) electrons. The number of hydrogen-bond acceptors (Lipinski definition) is 2. The van der Waals surface area contributed by atoms with Gasteiger partial charge in [0.05, 0.1) is 10.0 Å². The van der Waals surface area contributed by atoms with E-state index in [4.69, 9.17) is 23.2 Å². The number of hydrogen-bond donors (Lipinski definition) is 0. The van der Waals surface area contributed by atoms with Gasteiger partial charge in [-0.05, 0) is 49.2 Å². The van der Waals surface area contributed by atoms with E-state index in [9.17, 15) is 0 Å². The second kappa shape index (κ2) is 14.3. The molecule has 0 spiro atoms. The van der Waals surface area contributed by atoms with Gasteiger partial charge in [-0.15, -0.1) is 0 Å². The van der Waals surface area contributed by atoms with Gasteiger partial charge < -0.3 is 0 Å². The molecule has 0 bridgehead atoms. The summed E-state index contributed by atoms with van der Waals surface area (Å²) in [5.41, 5.74) is 0. The molecule has 0 aliphatic heterocycles. The average Bonchev–Trinajstić information content (AvgIpc) is 3.02. The molecule has 6 rings (SSSR count). The number of benzene rings is 4. The van der Waals surface area contributed by atoms with Crippen molar-refractivity contribution in [3.8, 4) is 0 Å². The summed E-state index contributed by atoms with van der Waals surface area (Å²) in [4.78, 5) is 8.19. The molecule has 4 aromatic carbocycles. The Labute approximate surface area is 248 Å². The number of pyridine rings is 2. The molecule has 0 aliphatic carbocycles. The smallest absolute Gasteiger partial charge is 0.0672 e. The summed E-state index contributed by atoms with van der Waals surface area (Å²) in [5.74, 6) is 0. The molecule has 0 saturated carbocycles. The number of rotatable bonds is 6. The summed E-state index contributed by atoms with van der Waals surface area (Å²) < 4.78 is 0. The molecular formula is C34H26Cl2N2P2. The van der Waals surface area contributed by atoms with Crippen LogP contribution in [0, 0.1) is 0 Å². The predicted octanol–water partition coefficient (Wildman–Crippen LogP) is 6.99. The lowest BCUT2D eigenvalue weighted by atomic mass is 10.4. The molecule has 196 valence electrons. The minimum absolute atomic E-state index is 0.639. The molecule has 0 saturated heterocycles. The number of aromatic nitrogens is 2. The normalized spacial score (nSPS) is 10.7. The molecule has 0 amide bonds. The molecule has 6 heteroatoms. The number of halogens is 2. The Morgan fingerprint density at radius 3 is 0.900 bits per heavy atom. The highest BCUT2D eigenvalue weighted by atomic mass is 35.5. The quantitative estimate of drug-likeness (QED) is 0.194. The monoisotopic (exact) mass is 594 g/mol. The summed E-state index contributed by atoms with van der Waals surface area (Å²) in [5, 5.41) is 8.92. The van der Waals surface area contributed by atoms with E-state index >= 15 is 0 Å². The Kier molecular flexibility index (Phi) is 10.1. The Morgan fingerprint density at radius 2 is 0.650 bits per heavy atom. The maximum atomic E-state index is 6.37. The second-order valence-electron chi connectivity index (χ2n) is 8.67. The number of nitrogens with zero attached hydrogens (tertiary/aromatic N) is 2. The molecule has 2 nitrogen and oxygen atoms in total. The Bertz CT molecular complexity index is 1420. The maximum absolute atomic E-state index is 6.37. The highest BCUT2D eigenvalue weighted by Gasteiger charge is 2.19. The highest BCUT2D eigenvalue weighted by Crippen LogP contribution is 2.36. The van der Waals surface area contributed by atoms with Gasteiger partial charge in [0.25, 0.3) is 0 Å². The van der Waals surface area contributed by atoms with Crippen LogP contribution in [0.3, 0.4) is 0 Å². The first-order valence-electron chi connectivity index (χ1n) is 12.7. The third-order valence-corrected chi connectivity index (χ3v) is 11.9. The van der Waals surface area contributed by atoms with Crippen molar-refractivity contribution >= 4 is 70.9 Å². The van der Waals surface area contributed by atoms with Crippen LogP contribution in [0.2, 0.25) is 10.0 Å². The summed E-state index contributed by atoms with van der Waals surface area (Å²) in [7, 11) is -1.28. The lowest BCUT2D eigenvalue weighted by Crippen LogP contribution is -2.21. The molecule has 0 aliphatic rings. The van der Waals surface area contributed by atoms with Crippen LogP contribution in [0.15, 0.2) is 158 Å². The maximum Gasteiger partial charge on any atom is 0.0672 e. The zero-order valence-corrected chi connectivity index (χ0v) is 24.9. The van der Waals surface area contributed by atoms with Gasteiger partial charge in [-0.25, -0.2) is 0 Å². The molecular weight excluding hydrogens is 569 g/mol. The topological polar surface area (TPSA) is 25.8 Å². The van der Waals surface area contributed by atoms with Crippen molar-refractivity contribution in [2.24, 2.45) is 0 Å². The Morgan fingerprint density at radius 1 is 0.375 bits per heavy atom. The fraction of sp³-hybridized carbons (Fsp3) is 0. The first kappa shape index (κ1) is 28.2. The van der Waals surface area contributed by atoms with Crippen LogP contribution in [0.1, 0.15) is 0 Å². The van der Waals surface area contributed by atoms with Gasteiger partial charge in [-0.3, -0.25) is 9.97 Å². The van der Waals surface area contributed by atoms with Crippen LogP contribution in [0.25, 0.3) is 0 Å². The van der Waals surface area contributed by atoms with E-state index < -0.39 is 15.8 Å². The van der Waals surface area contributed by atoms with Crippen molar-refractivity contribution < 1.29 is 0 Å². The molecule has 0 unspecified atom stereocenters. The van der Waals surface area contributed by atoms with Crippen molar-refractivity contribution in [2.75, 3.05) is 0 Å². The molecule has 0 atom stereocenters. The Hall–Kier alpha value is -3.38. The lowest BCUT2D eigenvalue weighted by molar-refractivity contribution is 1.34. The first-order valence-corrected chi connectivity index (χ1v) is 16.2. The van der Waals surface area contributed by atoms with E-state index in [1.165, 1.54) is 21.2 Å².